The summed E-state index contributed by atoms with van der Waals surface area (Å²) in [6.07, 6.45) is 7.69. The Morgan fingerprint density at radius 2 is 1.50 bits per heavy atom. The minimum absolute atomic E-state index is 0.0228. The van der Waals surface area contributed by atoms with Crippen molar-refractivity contribution < 1.29 is 57.7 Å². The molecule has 5 aromatic rings. The molecule has 2 atom stereocenters. The number of aliphatic hydroxyl groups is 1. The molecule has 0 unspecified atom stereocenters. The number of fused-ring (bicyclic) bond motifs is 7. The van der Waals surface area contributed by atoms with Gasteiger partial charge in [-0.3, -0.25) is 53.0 Å². The van der Waals surface area contributed by atoms with Crippen LogP contribution in [0.1, 0.15) is 79.7 Å². The molecule has 3 aliphatic rings. The van der Waals surface area contributed by atoms with Gasteiger partial charge >= 0.3 is 5.97 Å². The smallest absolute Gasteiger partial charge is 0.343 e. The van der Waals surface area contributed by atoms with Gasteiger partial charge in [-0.25, -0.2) is 9.78 Å². The summed E-state index contributed by atoms with van der Waals surface area (Å²) in [5, 5.41) is 28.4. The number of esters is 1. The Balaban J connectivity index is 0.751. The van der Waals surface area contributed by atoms with E-state index in [1.807, 2.05) is 24.3 Å². The molecule has 0 saturated carbocycles. The summed E-state index contributed by atoms with van der Waals surface area (Å²) in [6, 6.07) is 17.0. The molecule has 2 aromatic carbocycles. The van der Waals surface area contributed by atoms with E-state index in [-0.39, 0.29) is 87.3 Å². The zero-order chi connectivity index (χ0) is 55.3. The van der Waals surface area contributed by atoms with Crippen molar-refractivity contribution >= 4 is 75.0 Å². The summed E-state index contributed by atoms with van der Waals surface area (Å²) >= 11 is 0. The number of unbranched alkanes of at least 4 members (excludes halogenated alkanes) is 3. The third kappa shape index (κ3) is 13.1. The number of nitrogens with zero attached hydrogens (tertiary/aromatic N) is 4. The van der Waals surface area contributed by atoms with Gasteiger partial charge in [0.1, 0.15) is 26.0 Å². The van der Waals surface area contributed by atoms with Crippen LogP contribution in [0.25, 0.3) is 33.2 Å². The van der Waals surface area contributed by atoms with Crippen molar-refractivity contribution in [2.45, 2.75) is 89.5 Å². The first-order chi connectivity index (χ1) is 37.6. The zero-order valence-corrected chi connectivity index (χ0v) is 42.9. The lowest BCUT2D eigenvalue weighted by atomic mass is 9.86. The molecule has 0 aliphatic carbocycles. The number of hydrogen-bond acceptors (Lipinski definition) is 15. The lowest BCUT2D eigenvalue weighted by Crippen LogP contribution is -2.52. The quantitative estimate of drug-likeness (QED) is 0.0129. The molecule has 0 saturated heterocycles. The van der Waals surface area contributed by atoms with E-state index in [1.54, 1.807) is 54.1 Å². The number of pyridine rings is 3. The van der Waals surface area contributed by atoms with Crippen molar-refractivity contribution in [3.8, 4) is 11.4 Å². The largest absolute Gasteiger partial charge is 0.458 e. The number of carbonyl (C=O) groups is 9. The average molecular weight is 1070 g/mol. The number of imide groups is 1. The summed E-state index contributed by atoms with van der Waals surface area (Å²) < 4.78 is 12.2. The maximum atomic E-state index is 14.0. The fraction of sp³-hybridized carbons (Fsp3) is 0.382. The van der Waals surface area contributed by atoms with Gasteiger partial charge in [0.15, 0.2) is 5.60 Å². The Bertz CT molecular complexity index is 3250. The fourth-order valence-corrected chi connectivity index (χ4v) is 9.63. The highest BCUT2D eigenvalue weighted by molar-refractivity contribution is 6.13. The van der Waals surface area contributed by atoms with Crippen molar-refractivity contribution in [2.75, 3.05) is 46.1 Å². The van der Waals surface area contributed by atoms with Crippen LogP contribution in [0.4, 0.5) is 0 Å². The molecule has 0 fully saturated rings. The Morgan fingerprint density at radius 3 is 2.28 bits per heavy atom. The highest BCUT2D eigenvalue weighted by Crippen LogP contribution is 2.41. The van der Waals surface area contributed by atoms with Gasteiger partial charge in [0.2, 0.25) is 35.4 Å². The summed E-state index contributed by atoms with van der Waals surface area (Å²) in [5.74, 6) is -4.99. The molecule has 8 amide bonds. The Labute approximate surface area is 446 Å². The number of ether oxygens (including phenoxy) is 2. The van der Waals surface area contributed by atoms with E-state index in [1.165, 1.54) is 12.2 Å². The number of cyclic esters (lactones) is 1. The van der Waals surface area contributed by atoms with E-state index in [2.05, 4.69) is 36.9 Å². The molecule has 408 valence electrons. The molecular weight excluding hydrogens is 1010 g/mol. The highest BCUT2D eigenvalue weighted by atomic mass is 16.6. The molecule has 7 N–H and O–H groups in total. The van der Waals surface area contributed by atoms with Gasteiger partial charge in [-0.1, -0.05) is 49.7 Å². The lowest BCUT2D eigenvalue weighted by Gasteiger charge is -2.31. The number of hydrogen-bond donors (Lipinski definition) is 7. The number of benzene rings is 2. The van der Waals surface area contributed by atoms with Crippen LogP contribution in [0, 0.1) is 0 Å². The van der Waals surface area contributed by atoms with Gasteiger partial charge in [0, 0.05) is 66.2 Å². The monoisotopic (exact) mass is 1070 g/mol. The van der Waals surface area contributed by atoms with Crippen molar-refractivity contribution in [1.29, 1.82) is 0 Å². The molecule has 0 spiro atoms. The predicted octanol–water partition coefficient (Wildman–Crippen LogP) is 0.719. The maximum Gasteiger partial charge on any atom is 0.343 e. The van der Waals surface area contributed by atoms with Gasteiger partial charge in [-0.2, -0.15) is 0 Å². The molecule has 6 heterocycles. The van der Waals surface area contributed by atoms with Crippen LogP contribution in [0.15, 0.2) is 83.8 Å². The lowest BCUT2D eigenvalue weighted by molar-refractivity contribution is -0.172. The van der Waals surface area contributed by atoms with E-state index in [9.17, 15) is 53.1 Å². The molecule has 0 radical (unpaired) electrons. The van der Waals surface area contributed by atoms with Crippen LogP contribution in [-0.2, 0) is 84.2 Å². The summed E-state index contributed by atoms with van der Waals surface area (Å²) in [4.78, 5) is 137. The number of carbonyl (C=O) groups excluding carboxylic acids is 9. The van der Waals surface area contributed by atoms with Crippen LogP contribution < -0.4 is 37.5 Å². The summed E-state index contributed by atoms with van der Waals surface area (Å²) in [7, 11) is 0. The molecule has 3 aromatic heterocycles. The topological polar surface area (TPSA) is 316 Å². The fourth-order valence-electron chi connectivity index (χ4n) is 9.63. The van der Waals surface area contributed by atoms with Crippen LogP contribution in [0.2, 0.25) is 0 Å². The molecule has 3 aliphatic heterocycles. The molecule has 0 bridgehead atoms. The predicted molar refractivity (Wildman–Crippen MR) is 280 cm³/mol. The minimum Gasteiger partial charge on any atom is -0.458 e. The van der Waals surface area contributed by atoms with Gasteiger partial charge < -0.3 is 51.0 Å². The van der Waals surface area contributed by atoms with Crippen molar-refractivity contribution in [3.05, 3.63) is 117 Å². The van der Waals surface area contributed by atoms with E-state index in [0.29, 0.717) is 67.5 Å². The van der Waals surface area contributed by atoms with E-state index in [0.717, 1.165) is 32.3 Å². The Morgan fingerprint density at radius 1 is 0.769 bits per heavy atom. The second-order valence-electron chi connectivity index (χ2n) is 19.0. The van der Waals surface area contributed by atoms with Gasteiger partial charge in [-0.05, 0) is 73.9 Å². The second kappa shape index (κ2) is 25.4. The van der Waals surface area contributed by atoms with Crippen LogP contribution in [0.3, 0.4) is 0 Å². The van der Waals surface area contributed by atoms with Gasteiger partial charge in [0.05, 0.1) is 54.2 Å². The van der Waals surface area contributed by atoms with Crippen LogP contribution >= 0.6 is 0 Å². The van der Waals surface area contributed by atoms with E-state index < -0.39 is 66.1 Å². The molecule has 78 heavy (non-hydrogen) atoms. The third-order valence-electron chi connectivity index (χ3n) is 13.8. The first-order valence-corrected chi connectivity index (χ1v) is 25.8. The van der Waals surface area contributed by atoms with Crippen LogP contribution in [-0.4, -0.2) is 130 Å². The average Bonchev–Trinajstić information content (AvgIpc) is 4.19. The number of aromatic nitrogens is 3. The standard InChI is InChI=1S/C55H60N10O13/c1-2-55(76)38-25-42-51-36(29-65(42)53(74)37(38)30-78-54(55)75)34(50-35-15-11-22-56-39(35)17-18-40(50)63-51)14-8-9-21-57-47(70)31-77-32-61-45(68)27-60-52(73)41(24-33-12-5-3-6-13-33)62-46(69)28-59-44(67)26-58-43(66)16-7-4-10-23-64-48(71)19-20-49(64)72/h3,5-6,11-13,15,17-20,22,25,41,76H,2,4,7-10,14,16,21,23-24,26-32H2,1H3,(H,57,70)(H,58,66)(H,59,67)(H,60,73)(H,61,68)(H,62,69)/t41-,55-/m0/s1. The number of rotatable bonds is 26. The van der Waals surface area contributed by atoms with E-state index in [4.69, 9.17) is 14.5 Å². The van der Waals surface area contributed by atoms with Crippen molar-refractivity contribution in [3.63, 3.8) is 0 Å². The zero-order valence-electron chi connectivity index (χ0n) is 42.9. The highest BCUT2D eigenvalue weighted by Gasteiger charge is 2.45. The second-order valence-corrected chi connectivity index (χ2v) is 19.0. The maximum absolute atomic E-state index is 14.0. The van der Waals surface area contributed by atoms with Gasteiger partial charge in [-0.15, -0.1) is 0 Å². The van der Waals surface area contributed by atoms with Crippen molar-refractivity contribution in [2.24, 2.45) is 0 Å². The number of nitrogens with one attached hydrogen (secondary N) is 6. The normalized spacial score (nSPS) is 15.5. The molecule has 8 rings (SSSR count). The summed E-state index contributed by atoms with van der Waals surface area (Å²) in [6.45, 7) is 0.133. The van der Waals surface area contributed by atoms with Crippen molar-refractivity contribution in [1.82, 2.24) is 51.3 Å². The number of amides is 8. The Kier molecular flexibility index (Phi) is 18.1. The first kappa shape index (κ1) is 55.5. The third-order valence-corrected chi connectivity index (χ3v) is 13.8. The Hall–Kier alpha value is -8.70. The summed E-state index contributed by atoms with van der Waals surface area (Å²) in [5.41, 5.74) is 3.24. The van der Waals surface area contributed by atoms with E-state index >= 15 is 0 Å². The molecule has 23 heteroatoms. The minimum atomic E-state index is -1.96. The van der Waals surface area contributed by atoms with Gasteiger partial charge in [0.25, 0.3) is 17.4 Å². The molecule has 23 nitrogen and oxygen atoms in total. The first-order valence-electron chi connectivity index (χ1n) is 25.8. The number of aryl methyl sites for hydroxylation is 1. The van der Waals surface area contributed by atoms with Crippen LogP contribution in [0.5, 0.6) is 0 Å². The SMILES string of the molecule is CC[C@@]1(O)C(=O)OCc2c1cc1n(c2=O)Cc2c-1nc1ccc3ncccc3c1c2CCCCNC(=O)COCNC(=O)CNC(=O)[C@H](Cc1ccccc1)NC(=O)CNC(=O)CNC(=O)CCCCCN1C(=O)C=CC1=O. The molecular formula is C55H60N10O13.